The second kappa shape index (κ2) is 8.54. The fraction of sp³-hybridized carbons (Fsp3) is 0.538. The molecule has 1 aromatic carbocycles. The van der Waals surface area contributed by atoms with Crippen LogP contribution in [-0.4, -0.2) is 47.4 Å². The molecule has 168 valence electrons. The van der Waals surface area contributed by atoms with Crippen LogP contribution in [0.2, 0.25) is 0 Å². The van der Waals surface area contributed by atoms with Crippen molar-refractivity contribution in [2.75, 3.05) is 13.1 Å². The molecular formula is C26H30N2O4. The van der Waals surface area contributed by atoms with Crippen molar-refractivity contribution in [1.29, 1.82) is 0 Å². The van der Waals surface area contributed by atoms with Gasteiger partial charge in [0.25, 0.3) is 0 Å². The number of hydrogen-bond acceptors (Lipinski definition) is 4. The fourth-order valence-corrected chi connectivity index (χ4v) is 5.31. The van der Waals surface area contributed by atoms with Crippen LogP contribution < -0.4 is 5.32 Å². The number of likely N-dealkylation sites (tertiary alicyclic amines) is 1. The summed E-state index contributed by atoms with van der Waals surface area (Å²) in [7, 11) is 0. The third-order valence-corrected chi connectivity index (χ3v) is 7.11. The lowest BCUT2D eigenvalue weighted by molar-refractivity contribution is -0.148. The maximum absolute atomic E-state index is 13.3. The molecule has 32 heavy (non-hydrogen) atoms. The van der Waals surface area contributed by atoms with Gasteiger partial charge in [-0.05, 0) is 80.7 Å². The molecule has 3 fully saturated rings. The summed E-state index contributed by atoms with van der Waals surface area (Å²) in [6.07, 6.45) is 3.69. The van der Waals surface area contributed by atoms with Gasteiger partial charge < -0.3 is 10.2 Å². The van der Waals surface area contributed by atoms with E-state index in [4.69, 9.17) is 0 Å². The summed E-state index contributed by atoms with van der Waals surface area (Å²) >= 11 is 0. The van der Waals surface area contributed by atoms with Gasteiger partial charge in [-0.3, -0.25) is 19.2 Å². The number of carbonyl (C=O) groups excluding carboxylic acids is 4. The second-order valence-corrected chi connectivity index (χ2v) is 9.66. The Hall–Kier alpha value is -2.94. The third-order valence-electron chi connectivity index (χ3n) is 7.11. The Balaban J connectivity index is 1.45. The first-order valence-electron chi connectivity index (χ1n) is 11.4. The quantitative estimate of drug-likeness (QED) is 0.441. The van der Waals surface area contributed by atoms with Crippen molar-refractivity contribution < 1.29 is 19.2 Å². The molecule has 0 aromatic heterocycles. The van der Waals surface area contributed by atoms with Crippen molar-refractivity contribution in [3.8, 4) is 11.8 Å². The summed E-state index contributed by atoms with van der Waals surface area (Å²) in [6, 6.07) is 4.03. The van der Waals surface area contributed by atoms with Crippen molar-refractivity contribution in [2.45, 2.75) is 71.3 Å². The molecule has 2 saturated carbocycles. The van der Waals surface area contributed by atoms with Gasteiger partial charge in [0.1, 0.15) is 17.5 Å². The lowest BCUT2D eigenvalue weighted by Gasteiger charge is -2.44. The van der Waals surface area contributed by atoms with Gasteiger partial charge in [-0.15, -0.1) is 5.92 Å². The highest BCUT2D eigenvalue weighted by Gasteiger charge is 2.48. The van der Waals surface area contributed by atoms with Gasteiger partial charge in [0.2, 0.25) is 0 Å². The number of carbonyl (C=O) groups is 4. The fourth-order valence-electron chi connectivity index (χ4n) is 5.31. The first-order chi connectivity index (χ1) is 15.2. The molecular weight excluding hydrogens is 404 g/mol. The minimum absolute atomic E-state index is 0.0342. The largest absolute Gasteiger partial charge is 0.345 e. The predicted molar refractivity (Wildman–Crippen MR) is 120 cm³/mol. The summed E-state index contributed by atoms with van der Waals surface area (Å²) in [5, 5.41) is 2.74. The Bertz CT molecular complexity index is 1010. The zero-order chi connectivity index (χ0) is 23.0. The zero-order valence-electron chi connectivity index (χ0n) is 19.0. The number of piperidine rings is 1. The van der Waals surface area contributed by atoms with Gasteiger partial charge in [0, 0.05) is 37.5 Å². The van der Waals surface area contributed by atoms with E-state index in [1.165, 1.54) is 0 Å². The Morgan fingerprint density at radius 1 is 1.03 bits per heavy atom. The van der Waals surface area contributed by atoms with E-state index in [0.717, 1.165) is 35.1 Å². The molecule has 1 aliphatic heterocycles. The molecule has 1 N–H and O–H groups in total. The molecule has 0 unspecified atom stereocenters. The molecule has 6 nitrogen and oxygen atoms in total. The van der Waals surface area contributed by atoms with Crippen LogP contribution >= 0.6 is 0 Å². The Labute approximate surface area is 189 Å². The lowest BCUT2D eigenvalue weighted by Crippen LogP contribution is -2.51. The third kappa shape index (κ3) is 4.34. The highest BCUT2D eigenvalue weighted by atomic mass is 16.2. The molecule has 1 aromatic rings. The van der Waals surface area contributed by atoms with E-state index in [-0.39, 0.29) is 17.6 Å². The molecule has 4 rings (SSSR count). The number of ketones is 2. The molecule has 0 atom stereocenters. The monoisotopic (exact) mass is 434 g/mol. The van der Waals surface area contributed by atoms with E-state index in [2.05, 4.69) is 17.2 Å². The van der Waals surface area contributed by atoms with E-state index in [1.54, 1.807) is 11.8 Å². The van der Waals surface area contributed by atoms with Gasteiger partial charge in [0.05, 0.1) is 0 Å². The summed E-state index contributed by atoms with van der Waals surface area (Å²) < 4.78 is 0. The smallest absolute Gasteiger partial charge is 0.311 e. The van der Waals surface area contributed by atoms with E-state index in [1.807, 2.05) is 26.0 Å². The number of nitrogens with one attached hydrogen (secondary N) is 1. The van der Waals surface area contributed by atoms with Crippen LogP contribution in [0.1, 0.15) is 73.6 Å². The van der Waals surface area contributed by atoms with Gasteiger partial charge in [-0.25, -0.2) is 0 Å². The SMILES string of the molecule is CC#Cc1cc(C)c(C2C(=O)CC3(CCN(C(=O)C(=O)NC4CC4)CC3)CC2=O)c(C)c1. The van der Waals surface area contributed by atoms with Crippen LogP contribution in [0.5, 0.6) is 0 Å². The number of hydrogen-bond donors (Lipinski definition) is 1. The number of rotatable bonds is 2. The number of amides is 2. The van der Waals surface area contributed by atoms with E-state index in [9.17, 15) is 19.2 Å². The van der Waals surface area contributed by atoms with Crippen molar-refractivity contribution >= 4 is 23.4 Å². The normalized spacial score (nSPS) is 20.7. The van der Waals surface area contributed by atoms with Crippen molar-refractivity contribution in [3.05, 3.63) is 34.4 Å². The summed E-state index contributed by atoms with van der Waals surface area (Å²) in [5.41, 5.74) is 3.16. The molecule has 2 aliphatic carbocycles. The van der Waals surface area contributed by atoms with Crippen LogP contribution in [0.4, 0.5) is 0 Å². The Morgan fingerprint density at radius 3 is 2.09 bits per heavy atom. The first-order valence-corrected chi connectivity index (χ1v) is 11.4. The summed E-state index contributed by atoms with van der Waals surface area (Å²) in [4.78, 5) is 52.6. The topological polar surface area (TPSA) is 83.6 Å². The molecule has 2 amide bonds. The number of aryl methyl sites for hydroxylation is 2. The molecule has 3 aliphatic rings. The Kier molecular flexibility index (Phi) is 5.94. The van der Waals surface area contributed by atoms with Crippen LogP contribution in [0, 0.1) is 31.1 Å². The molecule has 0 radical (unpaired) electrons. The van der Waals surface area contributed by atoms with Crippen LogP contribution in [0.15, 0.2) is 12.1 Å². The minimum Gasteiger partial charge on any atom is -0.345 e. The molecule has 6 heteroatoms. The minimum atomic E-state index is -0.715. The van der Waals surface area contributed by atoms with Gasteiger partial charge in [-0.2, -0.15) is 0 Å². The van der Waals surface area contributed by atoms with Gasteiger partial charge in [-0.1, -0.05) is 5.92 Å². The van der Waals surface area contributed by atoms with Crippen LogP contribution in [0.3, 0.4) is 0 Å². The maximum Gasteiger partial charge on any atom is 0.311 e. The number of benzene rings is 1. The second-order valence-electron chi connectivity index (χ2n) is 9.66. The molecule has 1 saturated heterocycles. The standard InChI is InChI=1S/C26H30N2O4/c1-4-5-18-12-16(2)22(17(3)13-18)23-20(29)14-26(15-21(23)30)8-10-28(11-9-26)25(32)24(31)27-19-6-7-19/h12-13,19,23H,6-11,14-15H2,1-3H3,(H,27,31). The van der Waals surface area contributed by atoms with Crippen molar-refractivity contribution in [3.63, 3.8) is 0 Å². The van der Waals surface area contributed by atoms with E-state index < -0.39 is 23.1 Å². The van der Waals surface area contributed by atoms with E-state index in [0.29, 0.717) is 38.8 Å². The highest BCUT2D eigenvalue weighted by Crippen LogP contribution is 2.46. The maximum atomic E-state index is 13.3. The van der Waals surface area contributed by atoms with E-state index >= 15 is 0 Å². The number of nitrogens with zero attached hydrogens (tertiary/aromatic N) is 1. The molecule has 0 bridgehead atoms. The van der Waals surface area contributed by atoms with Crippen LogP contribution in [-0.2, 0) is 19.2 Å². The van der Waals surface area contributed by atoms with Gasteiger partial charge in [0.15, 0.2) is 0 Å². The van der Waals surface area contributed by atoms with Crippen molar-refractivity contribution in [2.24, 2.45) is 5.41 Å². The van der Waals surface area contributed by atoms with Crippen LogP contribution in [0.25, 0.3) is 0 Å². The predicted octanol–water partition coefficient (Wildman–Crippen LogP) is 2.58. The Morgan fingerprint density at radius 2 is 1.59 bits per heavy atom. The summed E-state index contributed by atoms with van der Waals surface area (Å²) in [5.74, 6) is 4.11. The summed E-state index contributed by atoms with van der Waals surface area (Å²) in [6.45, 7) is 6.47. The average Bonchev–Trinajstić information content (AvgIpc) is 3.54. The number of Topliss-reactive ketones (excluding diaryl/α,β-unsaturated/α-hetero) is 2. The van der Waals surface area contributed by atoms with Crippen molar-refractivity contribution in [1.82, 2.24) is 10.2 Å². The molecule has 1 heterocycles. The highest BCUT2D eigenvalue weighted by molar-refractivity contribution is 6.35. The van der Waals surface area contributed by atoms with Gasteiger partial charge >= 0.3 is 11.8 Å². The lowest BCUT2D eigenvalue weighted by atomic mass is 9.62. The first kappa shape index (κ1) is 22.3. The zero-order valence-corrected chi connectivity index (χ0v) is 19.0. The average molecular weight is 435 g/mol. The molecule has 1 spiro atoms.